The Balaban J connectivity index is 0.000000582. The Morgan fingerprint density at radius 2 is 1.15 bits per heavy atom. The molecule has 0 fully saturated rings. The van der Waals surface area contributed by atoms with E-state index < -0.39 is 27.3 Å². The fourth-order valence-electron chi connectivity index (χ4n) is 2.16. The molecule has 14 heteroatoms. The third-order valence-corrected chi connectivity index (χ3v) is 4.10. The van der Waals surface area contributed by atoms with Gasteiger partial charge in [-0.05, 0) is 38.1 Å². The molecule has 0 amide bonds. The van der Waals surface area contributed by atoms with E-state index in [1.807, 2.05) is 0 Å². The molecule has 0 aliphatic heterocycles. The Hall–Kier alpha value is -3.26. The van der Waals surface area contributed by atoms with E-state index in [1.54, 1.807) is 13.8 Å². The van der Waals surface area contributed by atoms with E-state index in [0.717, 1.165) is 12.1 Å². The zero-order chi connectivity index (χ0) is 25.4. The molecule has 0 aliphatic carbocycles. The minimum atomic E-state index is -5.84. The molecule has 0 saturated heterocycles. The molecule has 0 radical (unpaired) electrons. The molecule has 1 N–H and O–H groups in total. The first-order chi connectivity index (χ1) is 15.3. The number of halogens is 5. The van der Waals surface area contributed by atoms with Crippen LogP contribution in [0.4, 0.5) is 22.0 Å². The summed E-state index contributed by atoms with van der Waals surface area (Å²) in [6, 6.07) is 4.50. The molecular weight excluding hydrogens is 483 g/mol. The zero-order valence-electron chi connectivity index (χ0n) is 17.0. The normalized spacial score (nSPS) is 11.2. The number of rotatable bonds is 8. The molecule has 0 spiro atoms. The minimum Gasteiger partial charge on any atom is -0.487 e. The molecule has 0 aromatic heterocycles. The Morgan fingerprint density at radius 1 is 0.818 bits per heavy atom. The van der Waals surface area contributed by atoms with Crippen molar-refractivity contribution in [2.75, 3.05) is 13.2 Å². The van der Waals surface area contributed by atoms with Gasteiger partial charge in [-0.25, -0.2) is 8.78 Å². The lowest BCUT2D eigenvalue weighted by molar-refractivity contribution is -0.0510. The van der Waals surface area contributed by atoms with Crippen molar-refractivity contribution in [1.82, 2.24) is 0 Å². The third-order valence-electron chi connectivity index (χ3n) is 3.52. The van der Waals surface area contributed by atoms with Crippen LogP contribution in [0.15, 0.2) is 24.3 Å². The number of alkyl halides is 3. The van der Waals surface area contributed by atoms with Crippen LogP contribution in [0.25, 0.3) is 0 Å². The summed E-state index contributed by atoms with van der Waals surface area (Å²) in [6.45, 7) is 3.47. The van der Waals surface area contributed by atoms with Gasteiger partial charge in [0, 0.05) is 0 Å². The number of carbonyl (C=O) groups is 2. The van der Waals surface area contributed by atoms with Gasteiger partial charge >= 0.3 is 15.6 Å². The molecule has 0 atom stereocenters. The maximum atomic E-state index is 14.1. The van der Waals surface area contributed by atoms with E-state index >= 15 is 0 Å². The van der Waals surface area contributed by atoms with Crippen LogP contribution in [0.2, 0.25) is 0 Å². The minimum absolute atomic E-state index is 0.0200. The monoisotopic (exact) mass is 500 g/mol. The number of ether oxygens (including phenoxy) is 3. The summed E-state index contributed by atoms with van der Waals surface area (Å²) in [6.07, 6.45) is 0.884. The van der Waals surface area contributed by atoms with Gasteiger partial charge in [-0.1, -0.05) is 0 Å². The highest BCUT2D eigenvalue weighted by atomic mass is 32.2. The second-order valence-corrected chi connectivity index (χ2v) is 7.13. The Kier molecular flexibility index (Phi) is 9.73. The molecular formula is C19H17F5O8S. The highest BCUT2D eigenvalue weighted by Gasteiger charge is 2.44. The van der Waals surface area contributed by atoms with Gasteiger partial charge in [0.25, 0.3) is 0 Å². The van der Waals surface area contributed by atoms with Crippen LogP contribution in [-0.2, 0) is 10.1 Å². The summed E-state index contributed by atoms with van der Waals surface area (Å²) in [4.78, 5) is 22.6. The number of benzene rings is 2. The molecule has 8 nitrogen and oxygen atoms in total. The largest absolute Gasteiger partial charge is 0.522 e. The Labute approximate surface area is 184 Å². The molecule has 2 rings (SSSR count). The van der Waals surface area contributed by atoms with Crippen LogP contribution in [0.5, 0.6) is 23.0 Å². The maximum Gasteiger partial charge on any atom is 0.522 e. The summed E-state index contributed by atoms with van der Waals surface area (Å²) in [5.74, 6) is -2.65. The molecule has 0 saturated carbocycles. The lowest BCUT2D eigenvalue weighted by Gasteiger charge is -2.18. The van der Waals surface area contributed by atoms with Gasteiger partial charge in [-0.2, -0.15) is 21.6 Å². The molecule has 0 bridgehead atoms. The van der Waals surface area contributed by atoms with Gasteiger partial charge in [-0.3, -0.25) is 14.1 Å². The Bertz CT molecular complexity index is 1030. The molecule has 2 aromatic rings. The van der Waals surface area contributed by atoms with Gasteiger partial charge in [0.2, 0.25) is 0 Å². The predicted octanol–water partition coefficient (Wildman–Crippen LogP) is 4.57. The van der Waals surface area contributed by atoms with Crippen LogP contribution in [0.1, 0.15) is 34.6 Å². The average Bonchev–Trinajstić information content (AvgIpc) is 2.72. The number of carbonyl (C=O) groups excluding carboxylic acids is 2. The zero-order valence-corrected chi connectivity index (χ0v) is 17.8. The van der Waals surface area contributed by atoms with Crippen molar-refractivity contribution in [2.24, 2.45) is 0 Å². The van der Waals surface area contributed by atoms with Gasteiger partial charge < -0.3 is 14.2 Å². The van der Waals surface area contributed by atoms with Crippen molar-refractivity contribution in [3.63, 3.8) is 0 Å². The fourth-order valence-corrected chi connectivity index (χ4v) is 2.16. The number of hydrogen-bond donors (Lipinski definition) is 1. The highest BCUT2D eigenvalue weighted by Crippen LogP contribution is 2.42. The third kappa shape index (κ3) is 7.12. The van der Waals surface area contributed by atoms with Crippen molar-refractivity contribution in [1.29, 1.82) is 0 Å². The number of hydrogen-bond acceptors (Lipinski definition) is 7. The van der Waals surface area contributed by atoms with E-state index in [0.29, 0.717) is 12.6 Å². The van der Waals surface area contributed by atoms with E-state index in [9.17, 15) is 31.5 Å². The van der Waals surface area contributed by atoms with Crippen molar-refractivity contribution < 1.29 is 58.7 Å². The first-order valence-electron chi connectivity index (χ1n) is 8.84. The maximum absolute atomic E-state index is 14.1. The molecule has 0 aliphatic rings. The van der Waals surface area contributed by atoms with Gasteiger partial charge in [0.15, 0.2) is 47.2 Å². The highest BCUT2D eigenvalue weighted by molar-refractivity contribution is 7.86. The van der Waals surface area contributed by atoms with Gasteiger partial charge in [0.1, 0.15) is 0 Å². The number of aldehydes is 2. The quantitative estimate of drug-likeness (QED) is 0.243. The van der Waals surface area contributed by atoms with E-state index in [-0.39, 0.29) is 47.3 Å². The van der Waals surface area contributed by atoms with Crippen LogP contribution in [0, 0.1) is 11.6 Å². The molecule has 33 heavy (non-hydrogen) atoms. The second kappa shape index (κ2) is 11.6. The van der Waals surface area contributed by atoms with Crippen LogP contribution in [-0.4, -0.2) is 44.3 Å². The smallest absolute Gasteiger partial charge is 0.487 e. The fraction of sp³-hybridized carbons (Fsp3) is 0.263. The van der Waals surface area contributed by atoms with Gasteiger partial charge in [-0.15, -0.1) is 0 Å². The lowest BCUT2D eigenvalue weighted by atomic mass is 10.1. The van der Waals surface area contributed by atoms with E-state index in [2.05, 4.69) is 0 Å². The van der Waals surface area contributed by atoms with Crippen LogP contribution >= 0.6 is 0 Å². The average molecular weight is 500 g/mol. The van der Waals surface area contributed by atoms with E-state index in [4.69, 9.17) is 27.2 Å². The summed E-state index contributed by atoms with van der Waals surface area (Å²) < 4.78 is 102. The van der Waals surface area contributed by atoms with Crippen molar-refractivity contribution in [3.8, 4) is 23.0 Å². The molecule has 0 unspecified atom stereocenters. The second-order valence-electron chi connectivity index (χ2n) is 5.71. The standard InChI is InChI=1S/C18H16F2O5.CHF3O3S/c1-3-23-17-13(19)7-5-11(9-21)15(17)25-16-12(10-22)6-8-14(20)18(16)24-4-2;2-1(3,4)8(5,6)7/h5-10H,3-4H2,1-2H3;(H,5,6,7). The SMILES string of the molecule is CCOc1c(F)ccc(C=O)c1Oc1c(C=O)ccc(F)c1OCC.O=S(=O)(O)C(F)(F)F. The summed E-state index contributed by atoms with van der Waals surface area (Å²) in [7, 11) is -5.84. The van der Waals surface area contributed by atoms with Crippen LogP contribution < -0.4 is 14.2 Å². The van der Waals surface area contributed by atoms with Crippen LogP contribution in [0.3, 0.4) is 0 Å². The lowest BCUT2D eigenvalue weighted by Crippen LogP contribution is -2.21. The summed E-state index contributed by atoms with van der Waals surface area (Å²) >= 11 is 0. The summed E-state index contributed by atoms with van der Waals surface area (Å²) in [5, 5.41) is 0. The predicted molar refractivity (Wildman–Crippen MR) is 104 cm³/mol. The molecule has 2 aromatic carbocycles. The first-order valence-corrected chi connectivity index (χ1v) is 10.3. The van der Waals surface area contributed by atoms with Crippen molar-refractivity contribution in [3.05, 3.63) is 47.0 Å². The Morgan fingerprint density at radius 3 is 1.39 bits per heavy atom. The summed E-state index contributed by atoms with van der Waals surface area (Å²) in [5.41, 5.74) is -5.57. The van der Waals surface area contributed by atoms with Crippen molar-refractivity contribution in [2.45, 2.75) is 19.4 Å². The van der Waals surface area contributed by atoms with E-state index in [1.165, 1.54) is 12.1 Å². The first kappa shape index (κ1) is 27.8. The van der Waals surface area contributed by atoms with Gasteiger partial charge in [0.05, 0.1) is 24.3 Å². The molecule has 0 heterocycles. The molecule has 182 valence electrons. The topological polar surface area (TPSA) is 116 Å². The van der Waals surface area contributed by atoms with Crippen molar-refractivity contribution >= 4 is 22.7 Å².